The number of nitriles is 1. The number of anilines is 1. The number of aliphatic imine (C=N–C) groups is 1. The maximum absolute atomic E-state index is 15.0. The van der Waals surface area contributed by atoms with Crippen molar-refractivity contribution in [1.29, 1.82) is 5.26 Å². The molecular formula is C22H26FN7O2S. The van der Waals surface area contributed by atoms with E-state index in [0.29, 0.717) is 24.1 Å². The van der Waals surface area contributed by atoms with Crippen LogP contribution in [0.4, 0.5) is 10.2 Å². The van der Waals surface area contributed by atoms with Crippen molar-refractivity contribution in [2.75, 3.05) is 17.6 Å². The lowest BCUT2D eigenvalue weighted by Crippen LogP contribution is -2.60. The fraction of sp³-hybridized carbons (Fsp3) is 0.409. The van der Waals surface area contributed by atoms with Gasteiger partial charge in [0.05, 0.1) is 10.3 Å². The van der Waals surface area contributed by atoms with E-state index >= 15 is 0 Å². The van der Waals surface area contributed by atoms with Gasteiger partial charge in [-0.05, 0) is 57.4 Å². The normalized spacial score (nSPS) is 30.8. The summed E-state index contributed by atoms with van der Waals surface area (Å²) in [6.45, 7) is 5.89. The molecule has 2 aromatic rings. The Labute approximate surface area is 193 Å². The monoisotopic (exact) mass is 471 g/mol. The van der Waals surface area contributed by atoms with Crippen LogP contribution >= 0.6 is 10.5 Å². The Balaban J connectivity index is 1.68. The second kappa shape index (κ2) is 8.06. The number of pyridine rings is 2. The average molecular weight is 472 g/mol. The predicted octanol–water partition coefficient (Wildman–Crippen LogP) is 2.97. The molecule has 1 unspecified atom stereocenters. The third-order valence-electron chi connectivity index (χ3n) is 6.34. The fourth-order valence-corrected chi connectivity index (χ4v) is 7.50. The average Bonchev–Trinajstić information content (AvgIpc) is 2.76. The zero-order chi connectivity index (χ0) is 24.0. The maximum atomic E-state index is 15.0. The van der Waals surface area contributed by atoms with E-state index in [1.54, 1.807) is 19.9 Å². The minimum absolute atomic E-state index is 0.0110. The van der Waals surface area contributed by atoms with Gasteiger partial charge in [-0.1, -0.05) is 10.5 Å². The third kappa shape index (κ3) is 3.84. The standard InChI is InChI=1S/C22H26FN7O2S/c1-13-9-14(10-24)11-26-17(13)19(31)29-16-6-5-15(23)18(28-16)21(2)12-33(32)22(3,20(25)30-21)7-4-8-27-33/h5-6,9,11,27,32H,4,7-8,12H2,1-3H3,(H2,25,30)(H,28,29,31)/t21-,22-/m0/s1. The van der Waals surface area contributed by atoms with Crippen molar-refractivity contribution in [3.8, 4) is 6.07 Å². The predicted molar refractivity (Wildman–Crippen MR) is 126 cm³/mol. The number of hydrogen-bond acceptors (Lipinski definition) is 8. The molecule has 3 atom stereocenters. The molecule has 2 aliphatic rings. The molecule has 4 rings (SSSR count). The van der Waals surface area contributed by atoms with Crippen molar-refractivity contribution < 1.29 is 13.7 Å². The Hall–Kier alpha value is -3.07. The summed E-state index contributed by atoms with van der Waals surface area (Å²) in [5, 5.41) is 11.6. The fourth-order valence-electron chi connectivity index (χ4n) is 4.39. The summed E-state index contributed by atoms with van der Waals surface area (Å²) >= 11 is 0. The third-order valence-corrected chi connectivity index (χ3v) is 9.90. The Morgan fingerprint density at radius 3 is 2.88 bits per heavy atom. The van der Waals surface area contributed by atoms with Crippen molar-refractivity contribution in [3.63, 3.8) is 0 Å². The second-order valence-corrected chi connectivity index (χ2v) is 11.7. The van der Waals surface area contributed by atoms with E-state index in [1.165, 1.54) is 18.3 Å². The van der Waals surface area contributed by atoms with Gasteiger partial charge in [0, 0.05) is 18.5 Å². The molecule has 1 saturated heterocycles. The molecule has 9 nitrogen and oxygen atoms in total. The van der Waals surface area contributed by atoms with Gasteiger partial charge in [0.25, 0.3) is 5.91 Å². The van der Waals surface area contributed by atoms with Gasteiger partial charge >= 0.3 is 0 Å². The van der Waals surface area contributed by atoms with E-state index < -0.39 is 32.5 Å². The number of carbonyl (C=O) groups excluding carboxylic acids is 1. The zero-order valence-electron chi connectivity index (χ0n) is 18.6. The number of hydrogen-bond donors (Lipinski definition) is 4. The highest BCUT2D eigenvalue weighted by Crippen LogP contribution is 2.62. The topological polar surface area (TPSA) is 149 Å². The van der Waals surface area contributed by atoms with Crippen molar-refractivity contribution in [2.45, 2.75) is 43.9 Å². The molecule has 174 valence electrons. The molecular weight excluding hydrogens is 445 g/mol. The molecule has 4 heterocycles. The van der Waals surface area contributed by atoms with Crippen LogP contribution in [0.15, 0.2) is 29.4 Å². The summed E-state index contributed by atoms with van der Waals surface area (Å²) in [7, 11) is -2.43. The van der Waals surface area contributed by atoms with Gasteiger partial charge in [-0.3, -0.25) is 14.5 Å². The molecule has 1 amide bonds. The van der Waals surface area contributed by atoms with Gasteiger partial charge in [0.15, 0.2) is 0 Å². The van der Waals surface area contributed by atoms with Crippen LogP contribution in [0, 0.1) is 24.1 Å². The van der Waals surface area contributed by atoms with E-state index in [1.807, 2.05) is 13.0 Å². The molecule has 11 heteroatoms. The summed E-state index contributed by atoms with van der Waals surface area (Å²) < 4.78 is 29.0. The second-order valence-electron chi connectivity index (χ2n) is 8.83. The molecule has 0 radical (unpaired) electrons. The van der Waals surface area contributed by atoms with Gasteiger partial charge in [0.1, 0.15) is 40.5 Å². The van der Waals surface area contributed by atoms with E-state index in [4.69, 9.17) is 11.0 Å². The summed E-state index contributed by atoms with van der Waals surface area (Å²) in [6, 6.07) is 6.08. The number of nitrogens with zero attached hydrogens (tertiary/aromatic N) is 4. The first-order chi connectivity index (χ1) is 15.5. The van der Waals surface area contributed by atoms with E-state index in [9.17, 15) is 13.7 Å². The van der Waals surface area contributed by atoms with Crippen molar-refractivity contribution in [2.24, 2.45) is 10.7 Å². The molecule has 0 aromatic carbocycles. The van der Waals surface area contributed by atoms with Gasteiger partial charge in [-0.15, -0.1) is 0 Å². The number of aryl methyl sites for hydroxylation is 1. The number of amides is 1. The number of halogens is 1. The summed E-state index contributed by atoms with van der Waals surface area (Å²) in [4.78, 5) is 25.7. The minimum atomic E-state index is -2.43. The number of carbonyl (C=O) groups is 1. The van der Waals surface area contributed by atoms with Gasteiger partial charge < -0.3 is 15.6 Å². The number of aromatic nitrogens is 2. The van der Waals surface area contributed by atoms with Crippen LogP contribution in [0.2, 0.25) is 0 Å². The van der Waals surface area contributed by atoms with E-state index in [0.717, 1.165) is 6.42 Å². The first kappa shape index (κ1) is 23.1. The van der Waals surface area contributed by atoms with Gasteiger partial charge in [0.2, 0.25) is 0 Å². The van der Waals surface area contributed by atoms with Crippen molar-refractivity contribution in [1.82, 2.24) is 14.7 Å². The van der Waals surface area contributed by atoms with Crippen molar-refractivity contribution >= 4 is 28.1 Å². The number of rotatable bonds is 3. The highest BCUT2D eigenvalue weighted by Gasteiger charge is 2.55. The molecule has 0 aliphatic carbocycles. The maximum Gasteiger partial charge on any atom is 0.275 e. The first-order valence-electron chi connectivity index (χ1n) is 10.5. The quantitative estimate of drug-likeness (QED) is 0.537. The number of nitrogens with one attached hydrogen (secondary N) is 2. The molecule has 1 fully saturated rings. The summed E-state index contributed by atoms with van der Waals surface area (Å²) in [5.74, 6) is -0.612. The van der Waals surface area contributed by atoms with Gasteiger partial charge in [-0.25, -0.2) is 14.4 Å². The lowest BCUT2D eigenvalue weighted by Gasteiger charge is -2.57. The summed E-state index contributed by atoms with van der Waals surface area (Å²) in [6.07, 6.45) is 2.86. The van der Waals surface area contributed by atoms with Crippen LogP contribution in [0.5, 0.6) is 0 Å². The SMILES string of the molecule is Cc1cc(C#N)cnc1C(=O)Nc1ccc(F)c([C@]2(C)CS3(O)NCCC[C@@]3(C)C(N)=N2)n1. The van der Waals surface area contributed by atoms with E-state index in [2.05, 4.69) is 25.0 Å². The molecule has 5 N–H and O–H groups in total. The highest BCUT2D eigenvalue weighted by atomic mass is 32.3. The van der Waals surface area contributed by atoms with Crippen LogP contribution in [-0.2, 0) is 5.54 Å². The largest absolute Gasteiger partial charge is 0.386 e. The molecule has 2 aliphatic heterocycles. The van der Waals surface area contributed by atoms with Crippen LogP contribution in [0.1, 0.15) is 54.0 Å². The van der Waals surface area contributed by atoms with Crippen molar-refractivity contribution in [3.05, 3.63) is 52.7 Å². The van der Waals surface area contributed by atoms with Crippen LogP contribution in [-0.4, -0.2) is 43.3 Å². The lowest BCUT2D eigenvalue weighted by molar-refractivity contribution is 0.102. The Bertz CT molecular complexity index is 1220. The smallest absolute Gasteiger partial charge is 0.275 e. The molecule has 33 heavy (non-hydrogen) atoms. The zero-order valence-corrected chi connectivity index (χ0v) is 19.5. The van der Waals surface area contributed by atoms with E-state index in [-0.39, 0.29) is 28.8 Å². The molecule has 0 spiro atoms. The van der Waals surface area contributed by atoms with Gasteiger partial charge in [-0.2, -0.15) is 5.26 Å². The Morgan fingerprint density at radius 1 is 1.42 bits per heavy atom. The first-order valence-corrected chi connectivity index (χ1v) is 12.3. The number of fused-ring (bicyclic) bond motifs is 1. The lowest BCUT2D eigenvalue weighted by atomic mass is 9.96. The van der Waals surface area contributed by atoms with Crippen LogP contribution < -0.4 is 15.8 Å². The Kier molecular flexibility index (Phi) is 5.64. The summed E-state index contributed by atoms with van der Waals surface area (Å²) in [5.41, 5.74) is 6.10. The van der Waals surface area contributed by atoms with Crippen LogP contribution in [0.25, 0.3) is 0 Å². The molecule has 0 bridgehead atoms. The number of nitrogens with two attached hydrogens (primary N) is 1. The van der Waals surface area contributed by atoms with Crippen LogP contribution in [0.3, 0.4) is 0 Å². The highest BCUT2D eigenvalue weighted by molar-refractivity contribution is 8.29. The molecule has 2 aromatic heterocycles. The Morgan fingerprint density at radius 2 is 2.18 bits per heavy atom. The number of amidine groups is 1. The molecule has 0 saturated carbocycles. The minimum Gasteiger partial charge on any atom is -0.386 e.